The van der Waals surface area contributed by atoms with Crippen LogP contribution >= 0.6 is 0 Å². The van der Waals surface area contributed by atoms with Gasteiger partial charge in [-0.25, -0.2) is 4.39 Å². The highest BCUT2D eigenvalue weighted by atomic mass is 19.1. The lowest BCUT2D eigenvalue weighted by atomic mass is 10.1. The van der Waals surface area contributed by atoms with E-state index >= 15 is 0 Å². The number of benzene rings is 1. The molecule has 0 N–H and O–H groups in total. The number of hydrogen-bond donors (Lipinski definition) is 0. The molecule has 1 aromatic carbocycles. The lowest BCUT2D eigenvalue weighted by molar-refractivity contribution is 0.0479. The van der Waals surface area contributed by atoms with E-state index in [4.69, 9.17) is 9.47 Å². The topological polar surface area (TPSA) is 42.0 Å². The van der Waals surface area contributed by atoms with E-state index in [-0.39, 0.29) is 29.2 Å². The number of ether oxygens (including phenoxy) is 2. The Kier molecular flexibility index (Phi) is 4.31. The third-order valence-corrected chi connectivity index (χ3v) is 4.32. The van der Waals surface area contributed by atoms with Crippen LogP contribution in [0.3, 0.4) is 0 Å². The van der Waals surface area contributed by atoms with Crippen molar-refractivity contribution < 1.29 is 18.7 Å². The number of nitrogens with zero attached hydrogens (tertiary/aromatic N) is 2. The third-order valence-electron chi connectivity index (χ3n) is 4.32. The molecule has 0 unspecified atom stereocenters. The van der Waals surface area contributed by atoms with Gasteiger partial charge in [0.1, 0.15) is 17.1 Å². The van der Waals surface area contributed by atoms with Crippen molar-refractivity contribution in [2.75, 3.05) is 47.0 Å². The molecule has 2 fully saturated rings. The summed E-state index contributed by atoms with van der Waals surface area (Å²) in [6.45, 7) is 3.33. The molecule has 0 spiro atoms. The summed E-state index contributed by atoms with van der Waals surface area (Å²) >= 11 is 0. The minimum absolute atomic E-state index is 0.0141. The van der Waals surface area contributed by atoms with Crippen molar-refractivity contribution >= 4 is 5.91 Å². The van der Waals surface area contributed by atoms with Gasteiger partial charge in [-0.3, -0.25) is 4.79 Å². The maximum atomic E-state index is 14.2. The largest absolute Gasteiger partial charge is 0.496 e. The van der Waals surface area contributed by atoms with Crippen LogP contribution in [0.15, 0.2) is 18.2 Å². The van der Waals surface area contributed by atoms with Crippen molar-refractivity contribution in [1.82, 2.24) is 9.80 Å². The Morgan fingerprint density at radius 1 is 1.32 bits per heavy atom. The fourth-order valence-electron chi connectivity index (χ4n) is 3.35. The van der Waals surface area contributed by atoms with Gasteiger partial charge in [0.2, 0.25) is 0 Å². The summed E-state index contributed by atoms with van der Waals surface area (Å²) in [5.41, 5.74) is 0.0141. The molecular formula is C16H21FN2O3. The van der Waals surface area contributed by atoms with Crippen LogP contribution in [0.1, 0.15) is 10.4 Å². The highest BCUT2D eigenvalue weighted by molar-refractivity contribution is 5.97. The van der Waals surface area contributed by atoms with Crippen molar-refractivity contribution in [3.8, 4) is 5.75 Å². The molecule has 2 aliphatic heterocycles. The van der Waals surface area contributed by atoms with Gasteiger partial charge in [-0.1, -0.05) is 6.07 Å². The zero-order valence-electron chi connectivity index (χ0n) is 12.9. The van der Waals surface area contributed by atoms with E-state index in [1.54, 1.807) is 17.0 Å². The summed E-state index contributed by atoms with van der Waals surface area (Å²) in [7, 11) is 3.49. The minimum atomic E-state index is -0.544. The quantitative estimate of drug-likeness (QED) is 0.824. The first-order chi connectivity index (χ1) is 10.6. The second kappa shape index (κ2) is 6.22. The van der Waals surface area contributed by atoms with E-state index in [2.05, 4.69) is 4.90 Å². The zero-order valence-corrected chi connectivity index (χ0v) is 12.9. The monoisotopic (exact) mass is 308 g/mol. The van der Waals surface area contributed by atoms with Crippen molar-refractivity contribution in [2.24, 2.45) is 5.92 Å². The number of methoxy groups -OCH3 is 1. The summed E-state index contributed by atoms with van der Waals surface area (Å²) in [4.78, 5) is 16.9. The Labute approximate surface area is 129 Å². The Bertz CT molecular complexity index is 566. The average molecular weight is 308 g/mol. The summed E-state index contributed by atoms with van der Waals surface area (Å²) in [6, 6.07) is 4.39. The van der Waals surface area contributed by atoms with Crippen LogP contribution in [-0.4, -0.2) is 68.8 Å². The molecule has 0 aromatic heterocycles. The molecular weight excluding hydrogens is 287 g/mol. The molecule has 3 rings (SSSR count). The second-order valence-electron chi connectivity index (χ2n) is 6.05. The predicted molar refractivity (Wildman–Crippen MR) is 79.6 cm³/mol. The molecule has 120 valence electrons. The maximum Gasteiger partial charge on any atom is 0.261 e. The van der Waals surface area contributed by atoms with Gasteiger partial charge < -0.3 is 19.3 Å². The van der Waals surface area contributed by atoms with E-state index < -0.39 is 5.82 Å². The lowest BCUT2D eigenvalue weighted by Crippen LogP contribution is -2.46. The summed E-state index contributed by atoms with van der Waals surface area (Å²) < 4.78 is 25.0. The zero-order chi connectivity index (χ0) is 15.7. The molecule has 2 heterocycles. The van der Waals surface area contributed by atoms with Gasteiger partial charge in [0.25, 0.3) is 5.91 Å². The molecule has 2 saturated heterocycles. The van der Waals surface area contributed by atoms with Gasteiger partial charge in [0.05, 0.1) is 26.4 Å². The molecule has 1 amide bonds. The number of likely N-dealkylation sites (N-methyl/N-ethyl adjacent to an activating group) is 1. The van der Waals surface area contributed by atoms with Gasteiger partial charge in [-0.2, -0.15) is 0 Å². The normalized spacial score (nSPS) is 25.7. The van der Waals surface area contributed by atoms with Crippen LogP contribution in [0.4, 0.5) is 4.39 Å². The first-order valence-corrected chi connectivity index (χ1v) is 7.50. The van der Waals surface area contributed by atoms with Crippen LogP contribution in [0.5, 0.6) is 5.75 Å². The highest BCUT2D eigenvalue weighted by Gasteiger charge is 2.36. The molecule has 22 heavy (non-hydrogen) atoms. The Morgan fingerprint density at radius 2 is 2.14 bits per heavy atom. The van der Waals surface area contributed by atoms with Gasteiger partial charge in [-0.15, -0.1) is 0 Å². The first-order valence-electron chi connectivity index (χ1n) is 7.50. The summed E-state index contributed by atoms with van der Waals surface area (Å²) in [5.74, 6) is -0.333. The van der Waals surface area contributed by atoms with Crippen LogP contribution in [-0.2, 0) is 4.74 Å². The van der Waals surface area contributed by atoms with Crippen LogP contribution < -0.4 is 4.74 Å². The molecule has 0 radical (unpaired) electrons. The molecule has 2 bridgehead atoms. The summed E-state index contributed by atoms with van der Waals surface area (Å²) in [6.07, 6.45) is 0. The third kappa shape index (κ3) is 2.80. The molecule has 1 aromatic rings. The SMILES string of the molecule is COc1cccc(F)c1C(=O)N1C[C@H]2COC[C@@H]1CN(C)C2. The Morgan fingerprint density at radius 3 is 2.91 bits per heavy atom. The van der Waals surface area contributed by atoms with Gasteiger partial charge in [-0.05, 0) is 19.2 Å². The highest BCUT2D eigenvalue weighted by Crippen LogP contribution is 2.27. The van der Waals surface area contributed by atoms with Crippen LogP contribution in [0.25, 0.3) is 0 Å². The van der Waals surface area contributed by atoms with Gasteiger partial charge >= 0.3 is 0 Å². The fourth-order valence-corrected chi connectivity index (χ4v) is 3.35. The Hall–Kier alpha value is -1.66. The van der Waals surface area contributed by atoms with E-state index in [0.717, 1.165) is 13.1 Å². The van der Waals surface area contributed by atoms with E-state index in [1.807, 2.05) is 7.05 Å². The predicted octanol–water partition coefficient (Wildman–Crippen LogP) is 1.24. The van der Waals surface area contributed by atoms with Crippen LogP contribution in [0.2, 0.25) is 0 Å². The van der Waals surface area contributed by atoms with Gasteiger partial charge in [0, 0.05) is 25.6 Å². The lowest BCUT2D eigenvalue weighted by Gasteiger charge is -2.30. The molecule has 0 saturated carbocycles. The molecule has 5 nitrogen and oxygen atoms in total. The molecule has 6 heteroatoms. The number of amides is 1. The van der Waals surface area contributed by atoms with Crippen molar-refractivity contribution in [1.29, 1.82) is 0 Å². The van der Waals surface area contributed by atoms with Crippen molar-refractivity contribution in [3.63, 3.8) is 0 Å². The number of halogens is 1. The average Bonchev–Trinajstić information content (AvgIpc) is 2.76. The van der Waals surface area contributed by atoms with Gasteiger partial charge in [0.15, 0.2) is 0 Å². The smallest absolute Gasteiger partial charge is 0.261 e. The second-order valence-corrected chi connectivity index (χ2v) is 6.05. The number of hydrogen-bond acceptors (Lipinski definition) is 4. The Balaban J connectivity index is 1.94. The maximum absolute atomic E-state index is 14.2. The van der Waals surface area contributed by atoms with Crippen molar-refractivity contribution in [2.45, 2.75) is 6.04 Å². The number of carbonyl (C=O) groups excluding carboxylic acids is 1. The number of fused-ring (bicyclic) bond motifs is 3. The molecule has 2 aliphatic rings. The number of rotatable bonds is 2. The van der Waals surface area contributed by atoms with E-state index in [9.17, 15) is 9.18 Å². The molecule has 2 atom stereocenters. The number of carbonyl (C=O) groups is 1. The first kappa shape index (κ1) is 15.2. The minimum Gasteiger partial charge on any atom is -0.496 e. The standard InChI is InChI=1S/C16H21FN2O3/c1-18-6-11-7-19(12(8-18)10-22-9-11)16(20)15-13(17)4-3-5-14(15)21-2/h3-5,11-12H,6-10H2,1-2H3/t11-,12-/m0/s1. The molecule has 0 aliphatic carbocycles. The summed E-state index contributed by atoms with van der Waals surface area (Å²) in [5, 5.41) is 0. The van der Waals surface area contributed by atoms with Crippen LogP contribution in [0, 0.1) is 11.7 Å². The van der Waals surface area contributed by atoms with E-state index in [1.165, 1.54) is 13.2 Å². The fraction of sp³-hybridized carbons (Fsp3) is 0.562. The van der Waals surface area contributed by atoms with Crippen molar-refractivity contribution in [3.05, 3.63) is 29.6 Å². The van der Waals surface area contributed by atoms with E-state index in [0.29, 0.717) is 19.8 Å².